The summed E-state index contributed by atoms with van der Waals surface area (Å²) in [6.07, 6.45) is 0. The molecule has 0 heterocycles. The molecule has 0 aliphatic carbocycles. The average Bonchev–Trinajstić information content (AvgIpc) is 2.33. The molecule has 0 aliphatic rings. The Kier molecular flexibility index (Phi) is 3.66. The van der Waals surface area contributed by atoms with E-state index in [1.54, 1.807) is 0 Å². The van der Waals surface area contributed by atoms with Crippen LogP contribution in [0.15, 0.2) is 42.5 Å². The molecule has 0 amide bonds. The van der Waals surface area contributed by atoms with Crippen LogP contribution < -0.4 is 5.32 Å². The van der Waals surface area contributed by atoms with Crippen LogP contribution in [0.4, 0.5) is 11.4 Å². The lowest BCUT2D eigenvalue weighted by Crippen LogP contribution is -2.12. The normalized spacial score (nSPS) is 11.4. The van der Waals surface area contributed by atoms with Crippen molar-refractivity contribution in [1.82, 2.24) is 0 Å². The van der Waals surface area contributed by atoms with Crippen molar-refractivity contribution in [3.63, 3.8) is 0 Å². The van der Waals surface area contributed by atoms with Crippen LogP contribution in [-0.4, -0.2) is 0 Å². The molecule has 0 spiro atoms. The Balaban J connectivity index is 2.38. The summed E-state index contributed by atoms with van der Waals surface area (Å²) in [7, 11) is 0. The van der Waals surface area contributed by atoms with Crippen LogP contribution in [0.2, 0.25) is 0 Å². The number of para-hydroxylation sites is 1. The zero-order valence-electron chi connectivity index (χ0n) is 12.5. The van der Waals surface area contributed by atoms with Crippen LogP contribution in [0, 0.1) is 13.8 Å². The Bertz CT molecular complexity index is 539. The van der Waals surface area contributed by atoms with E-state index in [1.165, 1.54) is 22.4 Å². The number of anilines is 2. The quantitative estimate of drug-likeness (QED) is 0.761. The molecule has 2 aromatic rings. The molecule has 2 aromatic carbocycles. The Hall–Kier alpha value is -1.76. The van der Waals surface area contributed by atoms with E-state index < -0.39 is 0 Å². The van der Waals surface area contributed by atoms with Crippen molar-refractivity contribution in [2.24, 2.45) is 0 Å². The minimum Gasteiger partial charge on any atom is -0.355 e. The molecule has 0 fully saturated rings. The topological polar surface area (TPSA) is 12.0 Å². The van der Waals surface area contributed by atoms with Crippen molar-refractivity contribution in [3.8, 4) is 0 Å². The van der Waals surface area contributed by atoms with Gasteiger partial charge in [0.2, 0.25) is 0 Å². The summed E-state index contributed by atoms with van der Waals surface area (Å²) < 4.78 is 0. The van der Waals surface area contributed by atoms with Crippen LogP contribution in [0.3, 0.4) is 0 Å². The molecule has 1 nitrogen and oxygen atoms in total. The molecule has 0 bridgehead atoms. The van der Waals surface area contributed by atoms with Crippen LogP contribution in [-0.2, 0) is 5.41 Å². The van der Waals surface area contributed by atoms with Crippen LogP contribution >= 0.6 is 0 Å². The highest BCUT2D eigenvalue weighted by Crippen LogP contribution is 2.31. The monoisotopic (exact) mass is 253 g/mol. The van der Waals surface area contributed by atoms with Crippen molar-refractivity contribution < 1.29 is 0 Å². The smallest absolute Gasteiger partial charge is 0.0443 e. The summed E-state index contributed by atoms with van der Waals surface area (Å²) >= 11 is 0. The summed E-state index contributed by atoms with van der Waals surface area (Å²) in [6, 6.07) is 14.9. The first-order valence-electron chi connectivity index (χ1n) is 6.82. The predicted molar refractivity (Wildman–Crippen MR) is 84.3 cm³/mol. The van der Waals surface area contributed by atoms with E-state index in [1.807, 2.05) is 6.07 Å². The third-order valence-electron chi connectivity index (χ3n) is 3.44. The minimum atomic E-state index is 0.195. The number of hydrogen-bond acceptors (Lipinski definition) is 1. The second kappa shape index (κ2) is 5.08. The first-order chi connectivity index (χ1) is 8.88. The molecular weight excluding hydrogens is 230 g/mol. The van der Waals surface area contributed by atoms with Crippen molar-refractivity contribution in [2.75, 3.05) is 5.32 Å². The average molecular weight is 253 g/mol. The number of benzene rings is 2. The van der Waals surface area contributed by atoms with Gasteiger partial charge in [0.1, 0.15) is 0 Å². The molecule has 2 rings (SSSR count). The van der Waals surface area contributed by atoms with Crippen molar-refractivity contribution in [1.29, 1.82) is 0 Å². The van der Waals surface area contributed by atoms with Gasteiger partial charge in [0, 0.05) is 11.4 Å². The molecule has 19 heavy (non-hydrogen) atoms. The van der Waals surface area contributed by atoms with Gasteiger partial charge in [-0.2, -0.15) is 0 Å². The Morgan fingerprint density at radius 1 is 0.842 bits per heavy atom. The van der Waals surface area contributed by atoms with Crippen LogP contribution in [0.1, 0.15) is 37.5 Å². The zero-order chi connectivity index (χ0) is 14.0. The Labute approximate surface area is 116 Å². The molecule has 0 saturated carbocycles. The minimum absolute atomic E-state index is 0.195. The first-order valence-corrected chi connectivity index (χ1v) is 6.82. The molecule has 0 atom stereocenters. The fraction of sp³-hybridized carbons (Fsp3) is 0.333. The van der Waals surface area contributed by atoms with E-state index in [2.05, 4.69) is 76.3 Å². The van der Waals surface area contributed by atoms with E-state index in [9.17, 15) is 0 Å². The molecule has 0 unspecified atom stereocenters. The van der Waals surface area contributed by atoms with Crippen LogP contribution in [0.25, 0.3) is 0 Å². The Morgan fingerprint density at radius 2 is 1.37 bits per heavy atom. The number of nitrogens with one attached hydrogen (secondary N) is 1. The summed E-state index contributed by atoms with van der Waals surface area (Å²) in [5, 5.41) is 3.52. The van der Waals surface area contributed by atoms with Gasteiger partial charge in [-0.3, -0.25) is 0 Å². The van der Waals surface area contributed by atoms with Gasteiger partial charge in [-0.15, -0.1) is 0 Å². The highest BCUT2D eigenvalue weighted by Gasteiger charge is 2.16. The maximum absolute atomic E-state index is 3.52. The maximum atomic E-state index is 3.52. The van der Waals surface area contributed by atoms with E-state index in [0.29, 0.717) is 0 Å². The predicted octanol–water partition coefficient (Wildman–Crippen LogP) is 5.34. The van der Waals surface area contributed by atoms with E-state index >= 15 is 0 Å². The Morgan fingerprint density at radius 3 is 1.84 bits per heavy atom. The second-order valence-corrected chi connectivity index (χ2v) is 6.23. The standard InChI is InChI=1S/C18H23N/c1-13-11-15(18(3,4)5)12-14(2)17(13)19-16-9-7-6-8-10-16/h6-12,19H,1-5H3. The summed E-state index contributed by atoms with van der Waals surface area (Å²) in [5.41, 5.74) is 6.54. The highest BCUT2D eigenvalue weighted by atomic mass is 14.9. The molecule has 0 aliphatic heterocycles. The fourth-order valence-corrected chi connectivity index (χ4v) is 2.26. The van der Waals surface area contributed by atoms with Gasteiger partial charge < -0.3 is 5.32 Å². The van der Waals surface area contributed by atoms with Crippen molar-refractivity contribution >= 4 is 11.4 Å². The zero-order valence-corrected chi connectivity index (χ0v) is 12.5. The highest BCUT2D eigenvalue weighted by molar-refractivity contribution is 5.67. The van der Waals surface area contributed by atoms with Gasteiger partial charge in [0.05, 0.1) is 0 Å². The molecule has 0 radical (unpaired) electrons. The number of hydrogen-bond donors (Lipinski definition) is 1. The van der Waals surface area contributed by atoms with E-state index in [4.69, 9.17) is 0 Å². The van der Waals surface area contributed by atoms with Crippen molar-refractivity contribution in [3.05, 3.63) is 59.2 Å². The SMILES string of the molecule is Cc1cc(C(C)(C)C)cc(C)c1Nc1ccccc1. The van der Waals surface area contributed by atoms with Gasteiger partial charge in [-0.25, -0.2) is 0 Å². The molecular formula is C18H23N. The van der Waals surface area contributed by atoms with E-state index in [-0.39, 0.29) is 5.41 Å². The van der Waals surface area contributed by atoms with Crippen LogP contribution in [0.5, 0.6) is 0 Å². The van der Waals surface area contributed by atoms with Gasteiger partial charge in [-0.1, -0.05) is 51.1 Å². The number of aryl methyl sites for hydroxylation is 2. The van der Waals surface area contributed by atoms with Gasteiger partial charge in [0.15, 0.2) is 0 Å². The molecule has 0 saturated heterocycles. The fourth-order valence-electron chi connectivity index (χ4n) is 2.26. The summed E-state index contributed by atoms with van der Waals surface area (Å²) in [5.74, 6) is 0. The molecule has 100 valence electrons. The molecule has 1 N–H and O–H groups in total. The summed E-state index contributed by atoms with van der Waals surface area (Å²) in [4.78, 5) is 0. The first kappa shape index (κ1) is 13.7. The molecule has 0 aromatic heterocycles. The van der Waals surface area contributed by atoms with Gasteiger partial charge in [-0.05, 0) is 48.1 Å². The lowest BCUT2D eigenvalue weighted by Gasteiger charge is -2.23. The lowest BCUT2D eigenvalue weighted by atomic mass is 9.85. The maximum Gasteiger partial charge on any atom is 0.0443 e. The van der Waals surface area contributed by atoms with E-state index in [0.717, 1.165) is 5.69 Å². The van der Waals surface area contributed by atoms with Crippen molar-refractivity contribution in [2.45, 2.75) is 40.0 Å². The molecule has 1 heteroatoms. The largest absolute Gasteiger partial charge is 0.355 e. The number of rotatable bonds is 2. The van der Waals surface area contributed by atoms with Gasteiger partial charge >= 0.3 is 0 Å². The third-order valence-corrected chi connectivity index (χ3v) is 3.44. The summed E-state index contributed by atoms with van der Waals surface area (Å²) in [6.45, 7) is 11.1. The third kappa shape index (κ3) is 3.17. The second-order valence-electron chi connectivity index (χ2n) is 6.23. The lowest BCUT2D eigenvalue weighted by molar-refractivity contribution is 0.589. The van der Waals surface area contributed by atoms with Gasteiger partial charge in [0.25, 0.3) is 0 Å².